The van der Waals surface area contributed by atoms with Crippen molar-refractivity contribution in [2.45, 2.75) is 11.8 Å². The summed E-state index contributed by atoms with van der Waals surface area (Å²) in [7, 11) is -3.33. The molecule has 0 unspecified atom stereocenters. The Hall–Kier alpha value is -1.85. The van der Waals surface area contributed by atoms with Crippen LogP contribution in [0, 0.1) is 6.92 Å². The average Bonchev–Trinajstić information content (AvgIpc) is 2.84. The molecule has 4 nitrogen and oxygen atoms in total. The lowest BCUT2D eigenvalue weighted by molar-refractivity contribution is 0.602. The fourth-order valence-corrected chi connectivity index (χ4v) is 3.30. The zero-order valence-corrected chi connectivity index (χ0v) is 13.1. The van der Waals surface area contributed by atoms with Gasteiger partial charge in [-0.1, -0.05) is 29.8 Å². The van der Waals surface area contributed by atoms with Crippen LogP contribution in [0.15, 0.2) is 41.3 Å². The fourth-order valence-electron chi connectivity index (χ4n) is 2.30. The quantitative estimate of drug-likeness (QED) is 0.784. The Bertz CT molecular complexity index is 945. The summed E-state index contributed by atoms with van der Waals surface area (Å²) in [4.78, 5) is 7.84. The monoisotopic (exact) mass is 320 g/mol. The van der Waals surface area contributed by atoms with Gasteiger partial charge in [-0.05, 0) is 30.7 Å². The summed E-state index contributed by atoms with van der Waals surface area (Å²) in [6.45, 7) is 1.91. The van der Waals surface area contributed by atoms with Gasteiger partial charge >= 0.3 is 0 Å². The number of halogens is 1. The number of aromatic nitrogens is 2. The van der Waals surface area contributed by atoms with Crippen molar-refractivity contribution in [1.82, 2.24) is 9.97 Å². The van der Waals surface area contributed by atoms with Crippen LogP contribution in [-0.2, 0) is 9.84 Å². The highest BCUT2D eigenvalue weighted by Gasteiger charge is 2.16. The summed E-state index contributed by atoms with van der Waals surface area (Å²) in [6.07, 6.45) is 1.18. The second-order valence-corrected chi connectivity index (χ2v) is 7.31. The lowest BCUT2D eigenvalue weighted by Crippen LogP contribution is -1.97. The van der Waals surface area contributed by atoms with E-state index in [1.165, 1.54) is 6.26 Å². The molecule has 0 spiro atoms. The molecule has 1 N–H and O–H groups in total. The van der Waals surface area contributed by atoms with E-state index in [9.17, 15) is 8.42 Å². The maximum Gasteiger partial charge on any atom is 0.177 e. The van der Waals surface area contributed by atoms with Crippen LogP contribution in [0.4, 0.5) is 0 Å². The van der Waals surface area contributed by atoms with Gasteiger partial charge in [-0.15, -0.1) is 0 Å². The summed E-state index contributed by atoms with van der Waals surface area (Å²) < 4.78 is 23.7. The van der Waals surface area contributed by atoms with Crippen LogP contribution in [0.2, 0.25) is 5.02 Å². The van der Waals surface area contributed by atoms with Crippen molar-refractivity contribution in [3.8, 4) is 11.4 Å². The van der Waals surface area contributed by atoms with Crippen LogP contribution in [0.25, 0.3) is 22.4 Å². The third kappa shape index (κ3) is 2.43. The number of hydrogen-bond donors (Lipinski definition) is 1. The Labute approximate surface area is 127 Å². The van der Waals surface area contributed by atoms with Gasteiger partial charge in [-0.3, -0.25) is 0 Å². The molecule has 108 valence electrons. The third-order valence-electron chi connectivity index (χ3n) is 3.40. The maximum absolute atomic E-state index is 11.8. The number of para-hydroxylation sites is 1. The molecule has 0 radical (unpaired) electrons. The fraction of sp³-hybridized carbons (Fsp3) is 0.133. The molecule has 3 aromatic rings. The predicted molar refractivity (Wildman–Crippen MR) is 84.4 cm³/mol. The molecule has 21 heavy (non-hydrogen) atoms. The molecule has 6 heteroatoms. The van der Waals surface area contributed by atoms with Crippen molar-refractivity contribution < 1.29 is 8.42 Å². The van der Waals surface area contributed by atoms with E-state index in [-0.39, 0.29) is 4.90 Å². The summed E-state index contributed by atoms with van der Waals surface area (Å²) in [5.41, 5.74) is 2.90. The van der Waals surface area contributed by atoms with Crippen molar-refractivity contribution in [2.24, 2.45) is 0 Å². The van der Waals surface area contributed by atoms with E-state index in [0.717, 1.165) is 11.1 Å². The molecule has 2 aromatic carbocycles. The number of nitrogens with one attached hydrogen (secondary N) is 1. The molecule has 0 aliphatic rings. The first-order chi connectivity index (χ1) is 9.88. The van der Waals surface area contributed by atoms with Crippen LogP contribution in [-0.4, -0.2) is 24.6 Å². The van der Waals surface area contributed by atoms with E-state index in [4.69, 9.17) is 11.6 Å². The van der Waals surface area contributed by atoms with Crippen molar-refractivity contribution >= 4 is 32.5 Å². The molecule has 1 heterocycles. The Morgan fingerprint density at radius 1 is 1.14 bits per heavy atom. The Morgan fingerprint density at radius 2 is 1.86 bits per heavy atom. The number of rotatable bonds is 2. The molecule has 0 amide bonds. The first-order valence-electron chi connectivity index (χ1n) is 6.32. The van der Waals surface area contributed by atoms with Gasteiger partial charge in [0.05, 0.1) is 10.4 Å². The largest absolute Gasteiger partial charge is 0.338 e. The van der Waals surface area contributed by atoms with Gasteiger partial charge in [-0.2, -0.15) is 0 Å². The molecule has 3 rings (SSSR count). The molecular formula is C15H13ClN2O2S. The second kappa shape index (κ2) is 4.86. The number of benzene rings is 2. The Kier molecular flexibility index (Phi) is 3.26. The molecule has 0 saturated heterocycles. The number of hydrogen-bond acceptors (Lipinski definition) is 3. The SMILES string of the molecule is Cc1c(Cl)cccc1-c1nc2c(S(C)(=O)=O)cccc2[nH]1. The standard InChI is InChI=1S/C15H13ClN2O2S/c1-9-10(5-3-6-11(9)16)15-17-12-7-4-8-13(14(12)18-15)21(2,19)20/h3-8H,1-2H3,(H,17,18). The van der Waals surface area contributed by atoms with Crippen LogP contribution >= 0.6 is 11.6 Å². The molecule has 0 saturated carbocycles. The number of sulfone groups is 1. The van der Waals surface area contributed by atoms with Gasteiger partial charge in [0.1, 0.15) is 11.3 Å². The minimum atomic E-state index is -3.33. The van der Waals surface area contributed by atoms with Gasteiger partial charge < -0.3 is 4.98 Å². The third-order valence-corrected chi connectivity index (χ3v) is 4.94. The van der Waals surface area contributed by atoms with Crippen molar-refractivity contribution in [3.05, 3.63) is 47.0 Å². The molecule has 0 aliphatic carbocycles. The molecule has 0 atom stereocenters. The second-order valence-electron chi connectivity index (χ2n) is 4.92. The molecule has 0 fully saturated rings. The Balaban J connectivity index is 2.30. The summed E-state index contributed by atoms with van der Waals surface area (Å²) >= 11 is 6.13. The van der Waals surface area contributed by atoms with E-state index in [0.29, 0.717) is 21.9 Å². The highest BCUT2D eigenvalue weighted by molar-refractivity contribution is 7.91. The topological polar surface area (TPSA) is 62.8 Å². The van der Waals surface area contributed by atoms with Gasteiger partial charge in [0, 0.05) is 16.8 Å². The lowest BCUT2D eigenvalue weighted by atomic mass is 10.1. The number of H-pyrrole nitrogens is 1. The smallest absolute Gasteiger partial charge is 0.177 e. The van der Waals surface area contributed by atoms with Crippen LogP contribution in [0.3, 0.4) is 0 Å². The number of imidazole rings is 1. The lowest BCUT2D eigenvalue weighted by Gasteiger charge is -2.03. The van der Waals surface area contributed by atoms with Crippen LogP contribution in [0.5, 0.6) is 0 Å². The normalized spacial score (nSPS) is 12.0. The van der Waals surface area contributed by atoms with Crippen LogP contribution in [0.1, 0.15) is 5.56 Å². The van der Waals surface area contributed by atoms with Gasteiger partial charge in [-0.25, -0.2) is 13.4 Å². The zero-order chi connectivity index (χ0) is 15.2. The zero-order valence-electron chi connectivity index (χ0n) is 11.5. The van der Waals surface area contributed by atoms with Gasteiger partial charge in [0.15, 0.2) is 9.84 Å². The average molecular weight is 321 g/mol. The number of nitrogens with zero attached hydrogens (tertiary/aromatic N) is 1. The summed E-state index contributed by atoms with van der Waals surface area (Å²) in [5.74, 6) is 0.612. The van der Waals surface area contributed by atoms with E-state index >= 15 is 0 Å². The first kappa shape index (κ1) is 14.1. The van der Waals surface area contributed by atoms with Crippen LogP contribution < -0.4 is 0 Å². The minimum absolute atomic E-state index is 0.224. The number of aromatic amines is 1. The maximum atomic E-state index is 11.8. The molecule has 1 aromatic heterocycles. The summed E-state index contributed by atoms with van der Waals surface area (Å²) in [6, 6.07) is 10.6. The molecule has 0 aliphatic heterocycles. The van der Waals surface area contributed by atoms with Crippen molar-refractivity contribution in [2.75, 3.05) is 6.26 Å². The van der Waals surface area contributed by atoms with Crippen molar-refractivity contribution in [3.63, 3.8) is 0 Å². The highest BCUT2D eigenvalue weighted by atomic mass is 35.5. The first-order valence-corrected chi connectivity index (χ1v) is 8.59. The van der Waals surface area contributed by atoms with E-state index in [2.05, 4.69) is 9.97 Å². The highest BCUT2D eigenvalue weighted by Crippen LogP contribution is 2.29. The predicted octanol–water partition coefficient (Wildman–Crippen LogP) is 3.60. The van der Waals surface area contributed by atoms with E-state index in [1.807, 2.05) is 25.1 Å². The van der Waals surface area contributed by atoms with E-state index in [1.54, 1.807) is 18.2 Å². The van der Waals surface area contributed by atoms with E-state index < -0.39 is 9.84 Å². The summed E-state index contributed by atoms with van der Waals surface area (Å²) in [5, 5.41) is 0.649. The Morgan fingerprint density at radius 3 is 2.57 bits per heavy atom. The minimum Gasteiger partial charge on any atom is -0.338 e. The van der Waals surface area contributed by atoms with Gasteiger partial charge in [0.25, 0.3) is 0 Å². The van der Waals surface area contributed by atoms with Gasteiger partial charge in [0.2, 0.25) is 0 Å². The molecule has 0 bridgehead atoms. The van der Waals surface area contributed by atoms with Crippen molar-refractivity contribution in [1.29, 1.82) is 0 Å². The number of fused-ring (bicyclic) bond motifs is 1. The molecular weight excluding hydrogens is 308 g/mol.